The first-order valence-corrected chi connectivity index (χ1v) is 7.22. The van der Waals surface area contributed by atoms with Crippen LogP contribution in [0.1, 0.15) is 15.2 Å². The quantitative estimate of drug-likeness (QED) is 0.832. The van der Waals surface area contributed by atoms with Crippen LogP contribution in [0.4, 0.5) is 5.13 Å². The van der Waals surface area contributed by atoms with Gasteiger partial charge in [0.1, 0.15) is 5.75 Å². The van der Waals surface area contributed by atoms with Gasteiger partial charge >= 0.3 is 0 Å². The van der Waals surface area contributed by atoms with Gasteiger partial charge in [-0.05, 0) is 23.2 Å². The Hall–Kier alpha value is -1.77. The Bertz CT molecular complexity index is 627. The molecule has 1 amide bonds. The van der Waals surface area contributed by atoms with E-state index >= 15 is 0 Å². The number of anilines is 1. The standard InChI is InChI=1S/C11H10N2O4S2/c14-9-4-2-1-3-8(9)10(15)13-11-12-5-7(18-11)6-19(16)17/h1-5,14H,6H2,(H,16,17)(H,12,13,15)/p-1. The lowest BCUT2D eigenvalue weighted by Gasteiger charge is -2.03. The van der Waals surface area contributed by atoms with Gasteiger partial charge in [0.15, 0.2) is 5.13 Å². The van der Waals surface area contributed by atoms with E-state index in [1.165, 1.54) is 18.3 Å². The Balaban J connectivity index is 2.09. The number of phenolic OH excluding ortho intramolecular Hbond substituents is 1. The molecule has 0 aliphatic heterocycles. The molecule has 2 rings (SSSR count). The van der Waals surface area contributed by atoms with Gasteiger partial charge in [-0.15, -0.1) is 11.3 Å². The molecular weight excluding hydrogens is 288 g/mol. The van der Waals surface area contributed by atoms with Crippen molar-refractivity contribution in [2.24, 2.45) is 0 Å². The van der Waals surface area contributed by atoms with Gasteiger partial charge in [-0.3, -0.25) is 14.3 Å². The first kappa shape index (κ1) is 13.7. The fourth-order valence-electron chi connectivity index (χ4n) is 1.38. The van der Waals surface area contributed by atoms with Gasteiger partial charge in [0.05, 0.1) is 5.56 Å². The van der Waals surface area contributed by atoms with E-state index in [9.17, 15) is 18.7 Å². The molecule has 0 aliphatic carbocycles. The van der Waals surface area contributed by atoms with Crippen LogP contribution in [0.3, 0.4) is 0 Å². The zero-order chi connectivity index (χ0) is 13.8. The molecule has 0 radical (unpaired) electrons. The van der Waals surface area contributed by atoms with Gasteiger partial charge in [-0.1, -0.05) is 12.1 Å². The molecule has 100 valence electrons. The molecule has 1 aromatic carbocycles. The molecule has 2 aromatic rings. The molecule has 0 spiro atoms. The maximum Gasteiger partial charge on any atom is 0.261 e. The van der Waals surface area contributed by atoms with Crippen LogP contribution in [0.2, 0.25) is 0 Å². The molecule has 1 atom stereocenters. The van der Waals surface area contributed by atoms with Crippen molar-refractivity contribution < 1.29 is 18.7 Å². The Kier molecular flexibility index (Phi) is 4.25. The second-order valence-electron chi connectivity index (χ2n) is 3.55. The lowest BCUT2D eigenvalue weighted by Crippen LogP contribution is -2.11. The summed E-state index contributed by atoms with van der Waals surface area (Å²) in [5, 5.41) is 12.3. The number of carbonyl (C=O) groups is 1. The van der Waals surface area contributed by atoms with Gasteiger partial charge in [-0.2, -0.15) is 0 Å². The summed E-state index contributed by atoms with van der Waals surface area (Å²) in [4.78, 5) is 16.3. The zero-order valence-corrected chi connectivity index (χ0v) is 11.2. The molecule has 2 N–H and O–H groups in total. The second kappa shape index (κ2) is 5.91. The first-order chi connectivity index (χ1) is 9.06. The highest BCUT2D eigenvalue weighted by Crippen LogP contribution is 2.22. The topological polar surface area (TPSA) is 102 Å². The van der Waals surface area contributed by atoms with Crippen LogP contribution in [0.25, 0.3) is 0 Å². The van der Waals surface area contributed by atoms with Crippen molar-refractivity contribution >= 4 is 33.5 Å². The Labute approximate surface area is 115 Å². The number of aromatic hydroxyl groups is 1. The number of para-hydroxylation sites is 1. The van der Waals surface area contributed by atoms with Crippen LogP contribution in [-0.4, -0.2) is 24.8 Å². The van der Waals surface area contributed by atoms with E-state index in [-0.39, 0.29) is 22.2 Å². The summed E-state index contributed by atoms with van der Waals surface area (Å²) in [6.45, 7) is 0. The van der Waals surface area contributed by atoms with Crippen molar-refractivity contribution in [3.05, 3.63) is 40.9 Å². The second-order valence-corrected chi connectivity index (χ2v) is 5.56. The molecule has 6 nitrogen and oxygen atoms in total. The van der Waals surface area contributed by atoms with Crippen LogP contribution in [-0.2, 0) is 16.8 Å². The fourth-order valence-corrected chi connectivity index (χ4v) is 2.81. The third-order valence-electron chi connectivity index (χ3n) is 2.18. The maximum absolute atomic E-state index is 11.8. The summed E-state index contributed by atoms with van der Waals surface area (Å²) in [5.41, 5.74) is 0.131. The number of amides is 1. The third kappa shape index (κ3) is 3.60. The molecule has 0 bridgehead atoms. The number of benzene rings is 1. The van der Waals surface area contributed by atoms with E-state index in [4.69, 9.17) is 0 Å². The number of hydrogen-bond acceptors (Lipinski definition) is 6. The van der Waals surface area contributed by atoms with E-state index in [0.717, 1.165) is 11.3 Å². The van der Waals surface area contributed by atoms with Crippen LogP contribution in [0.5, 0.6) is 5.75 Å². The number of carbonyl (C=O) groups excluding carboxylic acids is 1. The summed E-state index contributed by atoms with van der Waals surface area (Å²) in [7, 11) is 0. The van der Waals surface area contributed by atoms with Gasteiger partial charge in [0, 0.05) is 16.8 Å². The SMILES string of the molecule is O=C(Nc1ncc(CS(=O)[O-])s1)c1ccccc1O. The number of rotatable bonds is 4. The van der Waals surface area contributed by atoms with E-state index in [1.54, 1.807) is 12.1 Å². The minimum atomic E-state index is -2.19. The molecule has 0 fully saturated rings. The summed E-state index contributed by atoms with van der Waals surface area (Å²) < 4.78 is 21.0. The van der Waals surface area contributed by atoms with Crippen molar-refractivity contribution in [3.8, 4) is 5.75 Å². The highest BCUT2D eigenvalue weighted by Gasteiger charge is 2.12. The number of nitrogens with zero attached hydrogens (tertiary/aromatic N) is 1. The molecule has 0 saturated heterocycles. The Morgan fingerprint density at radius 3 is 2.89 bits per heavy atom. The van der Waals surface area contributed by atoms with Gasteiger partial charge in [-0.25, -0.2) is 4.98 Å². The zero-order valence-electron chi connectivity index (χ0n) is 9.53. The van der Waals surface area contributed by atoms with Crippen LogP contribution in [0.15, 0.2) is 30.5 Å². The van der Waals surface area contributed by atoms with Gasteiger partial charge in [0.25, 0.3) is 5.91 Å². The molecule has 1 unspecified atom stereocenters. The van der Waals surface area contributed by atoms with E-state index in [2.05, 4.69) is 10.3 Å². The molecule has 1 aromatic heterocycles. The van der Waals surface area contributed by atoms with E-state index < -0.39 is 17.0 Å². The van der Waals surface area contributed by atoms with Crippen molar-refractivity contribution in [2.75, 3.05) is 5.32 Å². The highest BCUT2D eigenvalue weighted by atomic mass is 32.2. The highest BCUT2D eigenvalue weighted by molar-refractivity contribution is 7.78. The lowest BCUT2D eigenvalue weighted by molar-refractivity contribution is 0.102. The molecular formula is C11H9N2O4S2-. The van der Waals surface area contributed by atoms with Crippen molar-refractivity contribution in [1.82, 2.24) is 4.98 Å². The predicted molar refractivity (Wildman–Crippen MR) is 70.8 cm³/mol. The normalized spacial score (nSPS) is 12.1. The average Bonchev–Trinajstić information content (AvgIpc) is 2.76. The monoisotopic (exact) mass is 297 g/mol. The van der Waals surface area contributed by atoms with E-state index in [1.807, 2.05) is 0 Å². The number of phenols is 1. The Morgan fingerprint density at radius 1 is 1.47 bits per heavy atom. The molecule has 0 saturated carbocycles. The average molecular weight is 297 g/mol. The van der Waals surface area contributed by atoms with Gasteiger partial charge < -0.3 is 9.66 Å². The van der Waals surface area contributed by atoms with Crippen LogP contribution >= 0.6 is 11.3 Å². The summed E-state index contributed by atoms with van der Waals surface area (Å²) in [6, 6.07) is 6.12. The largest absolute Gasteiger partial charge is 0.772 e. The molecule has 19 heavy (non-hydrogen) atoms. The minimum Gasteiger partial charge on any atom is -0.772 e. The number of aromatic nitrogens is 1. The summed E-state index contributed by atoms with van der Waals surface area (Å²) >= 11 is -1.12. The van der Waals surface area contributed by atoms with E-state index in [0.29, 0.717) is 4.88 Å². The van der Waals surface area contributed by atoms with Crippen molar-refractivity contribution in [3.63, 3.8) is 0 Å². The molecule has 1 heterocycles. The first-order valence-electron chi connectivity index (χ1n) is 5.16. The van der Waals surface area contributed by atoms with Gasteiger partial charge in [0.2, 0.25) is 0 Å². The number of thiazole rings is 1. The molecule has 0 aliphatic rings. The fraction of sp³-hybridized carbons (Fsp3) is 0.0909. The Morgan fingerprint density at radius 2 is 2.21 bits per heavy atom. The lowest BCUT2D eigenvalue weighted by atomic mass is 10.2. The van der Waals surface area contributed by atoms with Crippen molar-refractivity contribution in [2.45, 2.75) is 5.75 Å². The summed E-state index contributed by atoms with van der Waals surface area (Å²) in [5.74, 6) is -0.760. The van der Waals surface area contributed by atoms with Crippen LogP contribution in [0, 0.1) is 0 Å². The maximum atomic E-state index is 11.8. The number of hydrogen-bond donors (Lipinski definition) is 2. The minimum absolute atomic E-state index is 0.127. The smallest absolute Gasteiger partial charge is 0.261 e. The number of nitrogens with one attached hydrogen (secondary N) is 1. The van der Waals surface area contributed by atoms with Crippen molar-refractivity contribution in [1.29, 1.82) is 0 Å². The van der Waals surface area contributed by atoms with Crippen LogP contribution < -0.4 is 5.32 Å². The third-order valence-corrected chi connectivity index (χ3v) is 3.83. The predicted octanol–water partition coefficient (Wildman–Crippen LogP) is 1.48. The molecule has 8 heteroatoms. The summed E-state index contributed by atoms with van der Waals surface area (Å²) in [6.07, 6.45) is 1.39.